The Hall–Kier alpha value is -1.68. The van der Waals surface area contributed by atoms with Crippen molar-refractivity contribution in [3.8, 4) is 0 Å². The second-order valence-corrected chi connectivity index (χ2v) is 5.35. The van der Waals surface area contributed by atoms with E-state index in [1.807, 2.05) is 24.3 Å². The van der Waals surface area contributed by atoms with Gasteiger partial charge in [-0.25, -0.2) is 4.39 Å². The van der Waals surface area contributed by atoms with Gasteiger partial charge in [0.15, 0.2) is 0 Å². The van der Waals surface area contributed by atoms with Crippen LogP contribution in [0, 0.1) is 12.7 Å². The Morgan fingerprint density at radius 2 is 1.90 bits per heavy atom. The van der Waals surface area contributed by atoms with E-state index >= 15 is 0 Å². The van der Waals surface area contributed by atoms with E-state index in [4.69, 9.17) is 0 Å². The van der Waals surface area contributed by atoms with Gasteiger partial charge in [-0.3, -0.25) is 4.79 Å². The fourth-order valence-corrected chi connectivity index (χ4v) is 2.31. The van der Waals surface area contributed by atoms with E-state index in [1.54, 1.807) is 13.0 Å². The minimum absolute atomic E-state index is 0.235. The van der Waals surface area contributed by atoms with Gasteiger partial charge in [0.2, 0.25) is 0 Å². The molecule has 4 heteroatoms. The normalized spacial score (nSPS) is 10.3. The van der Waals surface area contributed by atoms with Gasteiger partial charge in [-0.1, -0.05) is 28.1 Å². The van der Waals surface area contributed by atoms with Crippen molar-refractivity contribution in [2.75, 3.05) is 10.6 Å². The van der Waals surface area contributed by atoms with Crippen LogP contribution in [0.15, 0.2) is 42.5 Å². The second-order valence-electron chi connectivity index (χ2n) is 4.55. The van der Waals surface area contributed by atoms with E-state index in [0.29, 0.717) is 11.1 Å². The summed E-state index contributed by atoms with van der Waals surface area (Å²) in [5.74, 6) is -0.540. The summed E-state index contributed by atoms with van der Waals surface area (Å²) in [4.78, 5) is 12.0. The average molecular weight is 336 g/mol. The molecule has 0 spiro atoms. The molecule has 1 N–H and O–H groups in total. The zero-order valence-electron chi connectivity index (χ0n) is 11.1. The van der Waals surface area contributed by atoms with Crippen LogP contribution >= 0.6 is 15.9 Å². The van der Waals surface area contributed by atoms with Gasteiger partial charge in [0.05, 0.1) is 0 Å². The highest BCUT2D eigenvalue weighted by Gasteiger charge is 2.08. The molecule has 0 heterocycles. The van der Waals surface area contributed by atoms with Crippen molar-refractivity contribution >= 4 is 27.5 Å². The second kappa shape index (κ2) is 6.66. The van der Waals surface area contributed by atoms with Crippen LogP contribution in [0.5, 0.6) is 0 Å². The van der Waals surface area contributed by atoms with Crippen molar-refractivity contribution in [3.05, 3.63) is 65.0 Å². The van der Waals surface area contributed by atoms with Gasteiger partial charge in [-0.15, -0.1) is 0 Å². The molecule has 0 atom stereocenters. The molecule has 0 saturated heterocycles. The fraction of sp³-hybridized carbons (Fsp3) is 0.188. The molecular formula is C16H15BrFNO. The third-order valence-electron chi connectivity index (χ3n) is 3.02. The Kier molecular flexibility index (Phi) is 4.90. The summed E-state index contributed by atoms with van der Waals surface area (Å²) in [6.45, 7) is 1.64. The molecule has 2 aromatic carbocycles. The Labute approximate surface area is 126 Å². The molecule has 2 nitrogen and oxygen atoms in total. The van der Waals surface area contributed by atoms with E-state index in [1.165, 1.54) is 17.7 Å². The molecule has 0 saturated carbocycles. The van der Waals surface area contributed by atoms with Crippen LogP contribution in [0.3, 0.4) is 0 Å². The van der Waals surface area contributed by atoms with Crippen molar-refractivity contribution in [3.63, 3.8) is 0 Å². The molecule has 104 valence electrons. The molecule has 20 heavy (non-hydrogen) atoms. The first-order valence-electron chi connectivity index (χ1n) is 6.32. The third kappa shape index (κ3) is 3.67. The van der Waals surface area contributed by atoms with Gasteiger partial charge in [0.1, 0.15) is 5.82 Å². The molecule has 0 radical (unpaired) electrons. The number of benzene rings is 2. The lowest BCUT2D eigenvalue weighted by Gasteiger charge is -2.07. The minimum atomic E-state index is -0.305. The van der Waals surface area contributed by atoms with Gasteiger partial charge >= 0.3 is 0 Å². The maximum absolute atomic E-state index is 13.2. The first-order valence-corrected chi connectivity index (χ1v) is 7.44. The molecular weight excluding hydrogens is 321 g/mol. The number of aryl methyl sites for hydroxylation is 2. The summed E-state index contributed by atoms with van der Waals surface area (Å²) < 4.78 is 13.2. The monoisotopic (exact) mass is 335 g/mol. The number of carbonyl (C=O) groups is 1. The third-order valence-corrected chi connectivity index (χ3v) is 3.41. The van der Waals surface area contributed by atoms with Crippen molar-refractivity contribution in [1.29, 1.82) is 0 Å². The number of amides is 1. The standard InChI is InChI=1S/C16H15BrFNO/c1-11-10-13(4-7-15(11)18)16(20)19-14-5-2-12(3-6-14)8-9-17/h2-7,10H,8-9H2,1H3,(H,19,20). The first-order chi connectivity index (χ1) is 9.60. The van der Waals surface area contributed by atoms with Gasteiger partial charge < -0.3 is 5.32 Å². The highest BCUT2D eigenvalue weighted by Crippen LogP contribution is 2.14. The van der Waals surface area contributed by atoms with E-state index in [2.05, 4.69) is 21.2 Å². The van der Waals surface area contributed by atoms with Crippen LogP contribution in [0.25, 0.3) is 0 Å². The summed E-state index contributed by atoms with van der Waals surface area (Å²) in [5.41, 5.74) is 2.85. The van der Waals surface area contributed by atoms with Crippen molar-refractivity contribution in [2.24, 2.45) is 0 Å². The molecule has 0 aliphatic carbocycles. The van der Waals surface area contributed by atoms with Crippen LogP contribution in [0.1, 0.15) is 21.5 Å². The lowest BCUT2D eigenvalue weighted by atomic mass is 10.1. The minimum Gasteiger partial charge on any atom is -0.322 e. The molecule has 1 amide bonds. The number of nitrogens with one attached hydrogen (secondary N) is 1. The summed E-state index contributed by atoms with van der Waals surface area (Å²) >= 11 is 3.39. The van der Waals surface area contributed by atoms with Crippen LogP contribution in [0.2, 0.25) is 0 Å². The molecule has 0 unspecified atom stereocenters. The van der Waals surface area contributed by atoms with Crippen molar-refractivity contribution in [2.45, 2.75) is 13.3 Å². The van der Waals surface area contributed by atoms with Crippen LogP contribution in [-0.2, 0) is 6.42 Å². The smallest absolute Gasteiger partial charge is 0.255 e. The Morgan fingerprint density at radius 3 is 2.50 bits per heavy atom. The van der Waals surface area contributed by atoms with E-state index in [9.17, 15) is 9.18 Å². The van der Waals surface area contributed by atoms with Gasteiger partial charge in [0.25, 0.3) is 5.91 Å². The molecule has 0 aliphatic rings. The van der Waals surface area contributed by atoms with Gasteiger partial charge in [0, 0.05) is 16.6 Å². The van der Waals surface area contributed by atoms with Crippen LogP contribution in [-0.4, -0.2) is 11.2 Å². The number of hydrogen-bond acceptors (Lipinski definition) is 1. The van der Waals surface area contributed by atoms with E-state index in [0.717, 1.165) is 17.4 Å². The zero-order valence-corrected chi connectivity index (χ0v) is 12.7. The Bertz CT molecular complexity index is 610. The SMILES string of the molecule is Cc1cc(C(=O)Nc2ccc(CCBr)cc2)ccc1F. The van der Waals surface area contributed by atoms with Crippen LogP contribution < -0.4 is 5.32 Å². The highest BCUT2D eigenvalue weighted by atomic mass is 79.9. The predicted octanol–water partition coefficient (Wildman–Crippen LogP) is 4.32. The molecule has 0 aromatic heterocycles. The zero-order chi connectivity index (χ0) is 14.5. The molecule has 2 aromatic rings. The lowest BCUT2D eigenvalue weighted by Crippen LogP contribution is -2.12. The number of carbonyl (C=O) groups excluding carboxylic acids is 1. The summed E-state index contributed by atoms with van der Waals surface area (Å²) in [6.07, 6.45) is 0.950. The summed E-state index contributed by atoms with van der Waals surface area (Å²) in [5, 5.41) is 3.71. The number of alkyl halides is 1. The number of hydrogen-bond donors (Lipinski definition) is 1. The first kappa shape index (κ1) is 14.7. The highest BCUT2D eigenvalue weighted by molar-refractivity contribution is 9.09. The number of rotatable bonds is 4. The fourth-order valence-electron chi connectivity index (χ4n) is 1.85. The Morgan fingerprint density at radius 1 is 1.20 bits per heavy atom. The quantitative estimate of drug-likeness (QED) is 0.828. The van der Waals surface area contributed by atoms with Gasteiger partial charge in [-0.2, -0.15) is 0 Å². The molecule has 0 fully saturated rings. The maximum Gasteiger partial charge on any atom is 0.255 e. The van der Waals surface area contributed by atoms with E-state index in [-0.39, 0.29) is 11.7 Å². The van der Waals surface area contributed by atoms with E-state index < -0.39 is 0 Å². The van der Waals surface area contributed by atoms with Gasteiger partial charge in [-0.05, 0) is 54.8 Å². The molecule has 0 bridgehead atoms. The summed E-state index contributed by atoms with van der Waals surface area (Å²) in [6, 6.07) is 12.0. The molecule has 0 aliphatic heterocycles. The number of anilines is 1. The Balaban J connectivity index is 2.08. The van der Waals surface area contributed by atoms with Crippen molar-refractivity contribution in [1.82, 2.24) is 0 Å². The average Bonchev–Trinajstić information content (AvgIpc) is 2.44. The summed E-state index contributed by atoms with van der Waals surface area (Å²) in [7, 11) is 0. The number of halogens is 2. The molecule has 2 rings (SSSR count). The van der Waals surface area contributed by atoms with Crippen LogP contribution in [0.4, 0.5) is 10.1 Å². The topological polar surface area (TPSA) is 29.1 Å². The van der Waals surface area contributed by atoms with Crippen molar-refractivity contribution < 1.29 is 9.18 Å². The maximum atomic E-state index is 13.2. The lowest BCUT2D eigenvalue weighted by molar-refractivity contribution is 0.102. The predicted molar refractivity (Wildman–Crippen MR) is 83.0 cm³/mol. The largest absolute Gasteiger partial charge is 0.322 e.